The summed E-state index contributed by atoms with van der Waals surface area (Å²) in [5.74, 6) is -0.116. The molecular weight excluding hydrogens is 360 g/mol. The molecule has 2 unspecified atom stereocenters. The van der Waals surface area contributed by atoms with Crippen molar-refractivity contribution >= 4 is 16.7 Å². The third-order valence-electron chi connectivity index (χ3n) is 6.95. The van der Waals surface area contributed by atoms with Crippen molar-refractivity contribution in [3.8, 4) is 0 Å². The average Bonchev–Trinajstić information content (AvgIpc) is 2.91. The van der Waals surface area contributed by atoms with Crippen LogP contribution in [0, 0.1) is 11.8 Å². The first-order chi connectivity index (χ1) is 14.1. The summed E-state index contributed by atoms with van der Waals surface area (Å²) in [4.78, 5) is 14.1. The number of carbonyl (C=O) groups excluding carboxylic acids is 1. The molecule has 1 saturated heterocycles. The largest absolute Gasteiger partial charge is 0.384 e. The molecule has 3 aromatic carbocycles. The molecule has 3 N–H and O–H groups in total. The Hall–Kier alpha value is -2.69. The average molecular weight is 386 g/mol. The van der Waals surface area contributed by atoms with E-state index in [-0.39, 0.29) is 11.8 Å². The van der Waals surface area contributed by atoms with E-state index in [4.69, 9.17) is 5.73 Å². The van der Waals surface area contributed by atoms with Crippen LogP contribution in [0.2, 0.25) is 0 Å². The van der Waals surface area contributed by atoms with Gasteiger partial charge < -0.3 is 10.8 Å². The van der Waals surface area contributed by atoms with Crippen LogP contribution in [0.25, 0.3) is 10.8 Å². The molecular formula is C25H26N2O2. The third-order valence-corrected chi connectivity index (χ3v) is 6.95. The lowest BCUT2D eigenvalue weighted by Gasteiger charge is -2.45. The quantitative estimate of drug-likeness (QED) is 0.719. The van der Waals surface area contributed by atoms with Crippen molar-refractivity contribution in [2.75, 3.05) is 13.1 Å². The van der Waals surface area contributed by atoms with Gasteiger partial charge in [-0.05, 0) is 46.9 Å². The van der Waals surface area contributed by atoms with Crippen LogP contribution in [0.5, 0.6) is 0 Å². The van der Waals surface area contributed by atoms with E-state index in [1.165, 1.54) is 16.3 Å². The molecule has 2 atom stereocenters. The molecule has 1 saturated carbocycles. The second kappa shape index (κ2) is 6.97. The van der Waals surface area contributed by atoms with Gasteiger partial charge in [-0.1, -0.05) is 54.6 Å². The highest BCUT2D eigenvalue weighted by molar-refractivity contribution is 5.93. The number of carbonyl (C=O) groups is 1. The van der Waals surface area contributed by atoms with Crippen LogP contribution in [0.1, 0.15) is 34.3 Å². The van der Waals surface area contributed by atoms with Crippen molar-refractivity contribution in [3.05, 3.63) is 83.4 Å². The zero-order valence-electron chi connectivity index (χ0n) is 16.4. The topological polar surface area (TPSA) is 66.6 Å². The van der Waals surface area contributed by atoms with Crippen molar-refractivity contribution in [1.29, 1.82) is 0 Å². The summed E-state index contributed by atoms with van der Waals surface area (Å²) in [6.45, 7) is 2.61. The normalized spacial score (nSPS) is 26.7. The van der Waals surface area contributed by atoms with E-state index in [1.54, 1.807) is 12.1 Å². The van der Waals surface area contributed by atoms with Crippen molar-refractivity contribution in [1.82, 2.24) is 4.90 Å². The number of likely N-dealkylation sites (tertiary alicyclic amines) is 1. The number of amides is 1. The van der Waals surface area contributed by atoms with Crippen molar-refractivity contribution in [3.63, 3.8) is 0 Å². The van der Waals surface area contributed by atoms with Crippen LogP contribution in [-0.2, 0) is 12.1 Å². The highest BCUT2D eigenvalue weighted by Gasteiger charge is 2.53. The summed E-state index contributed by atoms with van der Waals surface area (Å²) in [5.41, 5.74) is 7.23. The van der Waals surface area contributed by atoms with Crippen LogP contribution in [-0.4, -0.2) is 29.0 Å². The lowest BCUT2D eigenvalue weighted by Crippen LogP contribution is -2.51. The molecule has 148 valence electrons. The number of nitrogens with two attached hydrogens (primary N) is 1. The number of piperidine rings is 1. The summed E-state index contributed by atoms with van der Waals surface area (Å²) < 4.78 is 0. The van der Waals surface area contributed by atoms with E-state index in [2.05, 4.69) is 47.4 Å². The number of primary amides is 1. The Morgan fingerprint density at radius 1 is 1.00 bits per heavy atom. The molecule has 3 aromatic rings. The highest BCUT2D eigenvalue weighted by Crippen LogP contribution is 2.51. The molecule has 1 aliphatic heterocycles. The summed E-state index contributed by atoms with van der Waals surface area (Å²) in [6, 6.07) is 22.3. The fourth-order valence-corrected chi connectivity index (χ4v) is 5.53. The molecule has 1 heterocycles. The van der Waals surface area contributed by atoms with Crippen LogP contribution in [0.15, 0.2) is 66.7 Å². The molecule has 29 heavy (non-hydrogen) atoms. The van der Waals surface area contributed by atoms with Gasteiger partial charge in [-0.3, -0.25) is 9.69 Å². The number of benzene rings is 3. The van der Waals surface area contributed by atoms with E-state index >= 15 is 0 Å². The maximum absolute atomic E-state index is 11.7. The van der Waals surface area contributed by atoms with Gasteiger partial charge in [0.1, 0.15) is 0 Å². The summed E-state index contributed by atoms with van der Waals surface area (Å²) in [6.07, 6.45) is 2.02. The van der Waals surface area contributed by atoms with Gasteiger partial charge in [0, 0.05) is 37.0 Å². The monoisotopic (exact) mass is 386 g/mol. The van der Waals surface area contributed by atoms with Gasteiger partial charge in [0.05, 0.1) is 5.60 Å². The van der Waals surface area contributed by atoms with Crippen LogP contribution in [0.3, 0.4) is 0 Å². The van der Waals surface area contributed by atoms with Gasteiger partial charge in [-0.2, -0.15) is 0 Å². The minimum Gasteiger partial charge on any atom is -0.384 e. The highest BCUT2D eigenvalue weighted by atomic mass is 16.3. The molecule has 0 radical (unpaired) electrons. The van der Waals surface area contributed by atoms with Gasteiger partial charge >= 0.3 is 0 Å². The van der Waals surface area contributed by atoms with E-state index in [0.29, 0.717) is 5.56 Å². The molecule has 2 bridgehead atoms. The van der Waals surface area contributed by atoms with Gasteiger partial charge in [0.25, 0.3) is 0 Å². The zero-order chi connectivity index (χ0) is 20.0. The molecule has 2 aliphatic rings. The van der Waals surface area contributed by atoms with E-state index in [1.807, 2.05) is 12.1 Å². The maximum Gasteiger partial charge on any atom is 0.248 e. The van der Waals surface area contributed by atoms with E-state index < -0.39 is 11.5 Å². The zero-order valence-corrected chi connectivity index (χ0v) is 16.4. The predicted octanol–water partition coefficient (Wildman–Crippen LogP) is 3.67. The minimum absolute atomic E-state index is 0.166. The first-order valence-corrected chi connectivity index (χ1v) is 10.4. The Bertz CT molecular complexity index is 1060. The lowest BCUT2D eigenvalue weighted by molar-refractivity contribution is -0.0914. The lowest BCUT2D eigenvalue weighted by atomic mass is 9.74. The van der Waals surface area contributed by atoms with E-state index in [0.717, 1.165) is 38.0 Å². The second-order valence-electron chi connectivity index (χ2n) is 8.57. The van der Waals surface area contributed by atoms with Gasteiger partial charge in [0.15, 0.2) is 0 Å². The number of hydrogen-bond acceptors (Lipinski definition) is 3. The van der Waals surface area contributed by atoms with Crippen molar-refractivity contribution in [2.24, 2.45) is 17.6 Å². The Morgan fingerprint density at radius 2 is 1.69 bits per heavy atom. The van der Waals surface area contributed by atoms with Crippen LogP contribution >= 0.6 is 0 Å². The Kier molecular flexibility index (Phi) is 4.41. The number of hydrogen-bond donors (Lipinski definition) is 2. The number of nitrogens with zero attached hydrogens (tertiary/aromatic N) is 1. The fourth-order valence-electron chi connectivity index (χ4n) is 5.53. The molecule has 4 nitrogen and oxygen atoms in total. The standard InChI is InChI=1S/C25H26N2O2/c26-24(28)18-7-4-9-20(13-18)25(29)21-11-12-22(25)16-27(15-21)14-19-8-3-6-17-5-1-2-10-23(17)19/h1-10,13,21-22,29H,11-12,14-16H2,(H2,26,28). The minimum atomic E-state index is -0.874. The van der Waals surface area contributed by atoms with Gasteiger partial charge in [-0.25, -0.2) is 0 Å². The smallest absolute Gasteiger partial charge is 0.248 e. The Labute approximate surface area is 170 Å². The second-order valence-corrected chi connectivity index (χ2v) is 8.57. The number of rotatable bonds is 4. The Morgan fingerprint density at radius 3 is 2.45 bits per heavy atom. The van der Waals surface area contributed by atoms with Crippen LogP contribution in [0.4, 0.5) is 0 Å². The molecule has 0 aromatic heterocycles. The molecule has 5 rings (SSSR count). The molecule has 1 amide bonds. The first-order valence-electron chi connectivity index (χ1n) is 10.4. The summed E-state index contributed by atoms with van der Waals surface area (Å²) in [7, 11) is 0. The van der Waals surface area contributed by atoms with E-state index in [9.17, 15) is 9.90 Å². The van der Waals surface area contributed by atoms with Crippen LogP contribution < -0.4 is 5.73 Å². The summed E-state index contributed by atoms with van der Waals surface area (Å²) in [5, 5.41) is 14.3. The predicted molar refractivity (Wildman–Crippen MR) is 114 cm³/mol. The molecule has 2 fully saturated rings. The third kappa shape index (κ3) is 3.04. The van der Waals surface area contributed by atoms with Crippen molar-refractivity contribution < 1.29 is 9.90 Å². The fraction of sp³-hybridized carbons (Fsp3) is 0.320. The first kappa shape index (κ1) is 18.3. The summed E-state index contributed by atoms with van der Waals surface area (Å²) >= 11 is 0. The van der Waals surface area contributed by atoms with Gasteiger partial charge in [0.2, 0.25) is 5.91 Å². The van der Waals surface area contributed by atoms with Crippen molar-refractivity contribution in [2.45, 2.75) is 25.0 Å². The number of aliphatic hydroxyl groups is 1. The SMILES string of the molecule is NC(=O)c1cccc(C2(O)C3CCC2CN(Cc2cccc4ccccc24)C3)c1. The molecule has 0 spiro atoms. The molecule has 4 heteroatoms. The Balaban J connectivity index is 1.41. The van der Waals surface area contributed by atoms with Gasteiger partial charge in [-0.15, -0.1) is 0 Å². The maximum atomic E-state index is 11.7. The molecule has 1 aliphatic carbocycles. The number of fused-ring (bicyclic) bond motifs is 3.